The van der Waals surface area contributed by atoms with Crippen molar-refractivity contribution in [3.05, 3.63) is 78.6 Å². The quantitative estimate of drug-likeness (QED) is 0.507. The summed E-state index contributed by atoms with van der Waals surface area (Å²) in [5.41, 5.74) is 7.76. The van der Waals surface area contributed by atoms with Crippen LogP contribution in [-0.4, -0.2) is 22.3 Å². The number of nitrogens with two attached hydrogens (primary N) is 1. The van der Waals surface area contributed by atoms with Gasteiger partial charge in [-0.3, -0.25) is 9.48 Å². The molecule has 0 aliphatic rings. The zero-order chi connectivity index (χ0) is 18.2. The van der Waals surface area contributed by atoms with E-state index in [1.54, 1.807) is 29.1 Å². The van der Waals surface area contributed by atoms with Crippen LogP contribution in [0.5, 0.6) is 5.75 Å². The Labute approximate surface area is 151 Å². The molecule has 6 heteroatoms. The molecule has 26 heavy (non-hydrogen) atoms. The van der Waals surface area contributed by atoms with Crippen molar-refractivity contribution in [1.29, 1.82) is 0 Å². The molecule has 6 nitrogen and oxygen atoms in total. The molecule has 0 atom stereocenters. The summed E-state index contributed by atoms with van der Waals surface area (Å²) in [6.45, 7) is 1.14. The molecule has 0 saturated heterocycles. The number of anilines is 2. The first kappa shape index (κ1) is 17.3. The second-order valence-corrected chi connectivity index (χ2v) is 5.61. The summed E-state index contributed by atoms with van der Waals surface area (Å²) in [7, 11) is 0. The maximum absolute atomic E-state index is 12.0. The predicted molar refractivity (Wildman–Crippen MR) is 103 cm³/mol. The Balaban J connectivity index is 1.49. The Morgan fingerprint density at radius 3 is 2.73 bits per heavy atom. The van der Waals surface area contributed by atoms with Crippen LogP contribution in [0.3, 0.4) is 0 Å². The smallest absolute Gasteiger partial charge is 0.248 e. The van der Waals surface area contributed by atoms with Gasteiger partial charge in [0.15, 0.2) is 0 Å². The average Bonchev–Trinajstić information content (AvgIpc) is 3.11. The Kier molecular flexibility index (Phi) is 5.67. The lowest BCUT2D eigenvalue weighted by Gasteiger charge is -2.05. The van der Waals surface area contributed by atoms with Crippen LogP contribution in [0.2, 0.25) is 0 Å². The topological polar surface area (TPSA) is 82.2 Å². The van der Waals surface area contributed by atoms with E-state index in [4.69, 9.17) is 10.5 Å². The molecule has 0 radical (unpaired) electrons. The van der Waals surface area contributed by atoms with E-state index in [0.717, 1.165) is 11.3 Å². The van der Waals surface area contributed by atoms with Gasteiger partial charge in [-0.2, -0.15) is 5.10 Å². The van der Waals surface area contributed by atoms with Crippen LogP contribution in [0, 0.1) is 0 Å². The minimum Gasteiger partial charge on any atom is -0.492 e. The molecule has 3 rings (SSSR count). The number of aromatic nitrogens is 2. The molecule has 0 aliphatic heterocycles. The van der Waals surface area contributed by atoms with Crippen molar-refractivity contribution < 1.29 is 9.53 Å². The van der Waals surface area contributed by atoms with Gasteiger partial charge in [0.25, 0.3) is 0 Å². The molecule has 3 aromatic rings. The van der Waals surface area contributed by atoms with Crippen LogP contribution in [0.15, 0.2) is 73.1 Å². The summed E-state index contributed by atoms with van der Waals surface area (Å²) in [6.07, 6.45) is 6.71. The van der Waals surface area contributed by atoms with Gasteiger partial charge in [0.2, 0.25) is 5.91 Å². The van der Waals surface area contributed by atoms with Crippen molar-refractivity contribution in [1.82, 2.24) is 9.78 Å². The number of hydrogen-bond acceptors (Lipinski definition) is 4. The van der Waals surface area contributed by atoms with E-state index >= 15 is 0 Å². The highest BCUT2D eigenvalue weighted by Crippen LogP contribution is 2.16. The first-order valence-corrected chi connectivity index (χ1v) is 8.24. The molecule has 3 N–H and O–H groups in total. The van der Waals surface area contributed by atoms with Crippen LogP contribution in [0.1, 0.15) is 5.56 Å². The molecular formula is C20H20N4O2. The van der Waals surface area contributed by atoms with E-state index in [-0.39, 0.29) is 5.91 Å². The molecule has 0 saturated carbocycles. The predicted octanol–water partition coefficient (Wildman–Crippen LogP) is 3.20. The van der Waals surface area contributed by atoms with Crippen LogP contribution in [-0.2, 0) is 11.3 Å². The molecule has 0 aliphatic carbocycles. The van der Waals surface area contributed by atoms with Crippen LogP contribution < -0.4 is 15.8 Å². The lowest BCUT2D eigenvalue weighted by molar-refractivity contribution is -0.111. The van der Waals surface area contributed by atoms with E-state index in [2.05, 4.69) is 10.4 Å². The van der Waals surface area contributed by atoms with Crippen LogP contribution >= 0.6 is 0 Å². The van der Waals surface area contributed by atoms with Gasteiger partial charge in [-0.25, -0.2) is 0 Å². The third-order valence-corrected chi connectivity index (χ3v) is 3.63. The number of nitrogens with zero attached hydrogens (tertiary/aromatic N) is 2. The summed E-state index contributed by atoms with van der Waals surface area (Å²) in [5, 5.41) is 7.00. The average molecular weight is 348 g/mol. The molecule has 132 valence electrons. The number of amides is 1. The number of carbonyl (C=O) groups excluding carboxylic acids is 1. The van der Waals surface area contributed by atoms with Gasteiger partial charge in [0.05, 0.1) is 24.1 Å². The first-order chi connectivity index (χ1) is 12.7. The number of rotatable bonds is 7. The molecule has 0 unspecified atom stereocenters. The van der Waals surface area contributed by atoms with Crippen molar-refractivity contribution >= 4 is 23.4 Å². The molecular weight excluding hydrogens is 328 g/mol. The Morgan fingerprint density at radius 2 is 1.92 bits per heavy atom. The summed E-state index contributed by atoms with van der Waals surface area (Å²) in [4.78, 5) is 12.0. The van der Waals surface area contributed by atoms with Crippen molar-refractivity contribution in [2.45, 2.75) is 6.54 Å². The standard InChI is InChI=1S/C20H20N4O2/c21-18-8-4-5-9-19(18)23-20(25)11-10-16-14-22-24(15-16)12-13-26-17-6-2-1-3-7-17/h1-11,14-15H,12-13,21H2,(H,23,25). The molecule has 0 spiro atoms. The normalized spacial score (nSPS) is 10.8. The van der Waals surface area contributed by atoms with Crippen molar-refractivity contribution in [3.8, 4) is 5.75 Å². The van der Waals surface area contributed by atoms with Crippen molar-refractivity contribution in [3.63, 3.8) is 0 Å². The van der Waals surface area contributed by atoms with Gasteiger partial charge >= 0.3 is 0 Å². The molecule has 0 bridgehead atoms. The Bertz CT molecular complexity index is 888. The van der Waals surface area contributed by atoms with E-state index in [1.807, 2.05) is 48.7 Å². The summed E-state index contributed by atoms with van der Waals surface area (Å²) >= 11 is 0. The van der Waals surface area contributed by atoms with E-state index < -0.39 is 0 Å². The zero-order valence-corrected chi connectivity index (χ0v) is 14.2. The van der Waals surface area contributed by atoms with Gasteiger partial charge in [-0.15, -0.1) is 0 Å². The van der Waals surface area contributed by atoms with Gasteiger partial charge in [-0.1, -0.05) is 30.3 Å². The number of ether oxygens (including phenoxy) is 1. The van der Waals surface area contributed by atoms with Crippen LogP contribution in [0.25, 0.3) is 6.08 Å². The second-order valence-electron chi connectivity index (χ2n) is 5.61. The fourth-order valence-electron chi connectivity index (χ4n) is 2.32. The van der Waals surface area contributed by atoms with E-state index in [0.29, 0.717) is 24.5 Å². The molecule has 1 amide bonds. The third-order valence-electron chi connectivity index (χ3n) is 3.63. The Morgan fingerprint density at radius 1 is 1.15 bits per heavy atom. The minimum absolute atomic E-state index is 0.247. The highest BCUT2D eigenvalue weighted by Gasteiger charge is 2.02. The zero-order valence-electron chi connectivity index (χ0n) is 14.2. The monoisotopic (exact) mass is 348 g/mol. The molecule has 0 fully saturated rings. The maximum atomic E-state index is 12.0. The minimum atomic E-state index is -0.247. The molecule has 1 heterocycles. The summed E-state index contributed by atoms with van der Waals surface area (Å²) < 4.78 is 7.41. The third kappa shape index (κ3) is 4.98. The number of nitrogens with one attached hydrogen (secondary N) is 1. The fraction of sp³-hybridized carbons (Fsp3) is 0.100. The van der Waals surface area contributed by atoms with Gasteiger partial charge < -0.3 is 15.8 Å². The SMILES string of the molecule is Nc1ccccc1NC(=O)C=Cc1cnn(CCOc2ccccc2)c1. The lowest BCUT2D eigenvalue weighted by atomic mass is 10.2. The lowest BCUT2D eigenvalue weighted by Crippen LogP contribution is -2.09. The number of para-hydroxylation sites is 3. The first-order valence-electron chi connectivity index (χ1n) is 8.24. The van der Waals surface area contributed by atoms with Gasteiger partial charge in [0, 0.05) is 17.8 Å². The highest BCUT2D eigenvalue weighted by molar-refractivity contribution is 6.03. The van der Waals surface area contributed by atoms with Crippen LogP contribution in [0.4, 0.5) is 11.4 Å². The largest absolute Gasteiger partial charge is 0.492 e. The number of nitrogen functional groups attached to an aromatic ring is 1. The van der Waals surface area contributed by atoms with Crippen molar-refractivity contribution in [2.24, 2.45) is 0 Å². The Hall–Kier alpha value is -3.54. The van der Waals surface area contributed by atoms with Gasteiger partial charge in [0.1, 0.15) is 12.4 Å². The van der Waals surface area contributed by atoms with Crippen molar-refractivity contribution in [2.75, 3.05) is 17.7 Å². The molecule has 2 aromatic carbocycles. The fourth-order valence-corrected chi connectivity index (χ4v) is 2.32. The van der Waals surface area contributed by atoms with E-state index in [9.17, 15) is 4.79 Å². The highest BCUT2D eigenvalue weighted by atomic mass is 16.5. The van der Waals surface area contributed by atoms with E-state index in [1.165, 1.54) is 6.08 Å². The molecule has 1 aromatic heterocycles. The second kappa shape index (κ2) is 8.53. The number of carbonyl (C=O) groups is 1. The summed E-state index contributed by atoms with van der Waals surface area (Å²) in [6, 6.07) is 16.8. The van der Waals surface area contributed by atoms with Gasteiger partial charge in [-0.05, 0) is 30.3 Å². The number of hydrogen-bond donors (Lipinski definition) is 2. The summed E-state index contributed by atoms with van der Waals surface area (Å²) in [5.74, 6) is 0.583. The number of benzene rings is 2. The maximum Gasteiger partial charge on any atom is 0.248 e.